The van der Waals surface area contributed by atoms with E-state index in [4.69, 9.17) is 14.6 Å². The number of rotatable bonds is 10. The molecule has 0 saturated heterocycles. The van der Waals surface area contributed by atoms with Gasteiger partial charge in [0, 0.05) is 19.1 Å². The van der Waals surface area contributed by atoms with Gasteiger partial charge in [0.2, 0.25) is 5.88 Å². The number of ether oxygens (including phenoxy) is 2. The molecule has 2 aromatic carbocycles. The highest BCUT2D eigenvalue weighted by atomic mass is 16.5. The molecule has 1 N–H and O–H groups in total. The summed E-state index contributed by atoms with van der Waals surface area (Å²) >= 11 is 0. The van der Waals surface area contributed by atoms with Crippen molar-refractivity contribution < 1.29 is 14.6 Å². The van der Waals surface area contributed by atoms with Crippen LogP contribution in [-0.4, -0.2) is 50.7 Å². The fraction of sp³-hybridized carbons (Fsp3) is 0.464. The molecule has 6 heteroatoms. The molecule has 1 fully saturated rings. The van der Waals surface area contributed by atoms with Crippen molar-refractivity contribution in [2.45, 2.75) is 71.8 Å². The highest BCUT2D eigenvalue weighted by molar-refractivity contribution is 5.43. The van der Waals surface area contributed by atoms with E-state index in [9.17, 15) is 5.11 Å². The lowest BCUT2D eigenvalue weighted by atomic mass is 10.2. The zero-order valence-electron chi connectivity index (χ0n) is 21.0. The summed E-state index contributed by atoms with van der Waals surface area (Å²) in [6.45, 7) is 11.7. The first-order valence-electron chi connectivity index (χ1n) is 12.1. The summed E-state index contributed by atoms with van der Waals surface area (Å²) in [6, 6.07) is 18.6. The molecule has 0 unspecified atom stereocenters. The molecule has 182 valence electrons. The molecule has 1 heterocycles. The minimum atomic E-state index is -0.551. The smallest absolute Gasteiger partial charge is 0.227 e. The fourth-order valence-corrected chi connectivity index (χ4v) is 4.01. The molecule has 34 heavy (non-hydrogen) atoms. The number of aliphatic hydroxyl groups is 1. The van der Waals surface area contributed by atoms with E-state index in [-0.39, 0.29) is 5.60 Å². The zero-order chi connectivity index (χ0) is 24.3. The predicted molar refractivity (Wildman–Crippen MR) is 135 cm³/mol. The summed E-state index contributed by atoms with van der Waals surface area (Å²) in [5.41, 5.74) is 3.80. The van der Waals surface area contributed by atoms with E-state index in [1.807, 2.05) is 80.9 Å². The molecule has 6 nitrogen and oxygen atoms in total. The minimum Gasteiger partial charge on any atom is -0.439 e. The van der Waals surface area contributed by atoms with Crippen molar-refractivity contribution in [1.82, 2.24) is 14.7 Å². The summed E-state index contributed by atoms with van der Waals surface area (Å²) in [5.74, 6) is 1.51. The van der Waals surface area contributed by atoms with Crippen LogP contribution < -0.4 is 4.74 Å². The average molecular weight is 464 g/mol. The molecule has 1 aromatic heterocycles. The minimum absolute atomic E-state index is 0.270. The molecular weight excluding hydrogens is 426 g/mol. The van der Waals surface area contributed by atoms with Crippen molar-refractivity contribution in [1.29, 1.82) is 0 Å². The van der Waals surface area contributed by atoms with E-state index >= 15 is 0 Å². The van der Waals surface area contributed by atoms with E-state index in [0.29, 0.717) is 25.7 Å². The van der Waals surface area contributed by atoms with Crippen molar-refractivity contribution in [2.24, 2.45) is 0 Å². The molecule has 0 bridgehead atoms. The molecule has 4 rings (SSSR count). The van der Waals surface area contributed by atoms with Gasteiger partial charge in [-0.15, -0.1) is 0 Å². The maximum absolute atomic E-state index is 10.7. The Morgan fingerprint density at radius 1 is 1.09 bits per heavy atom. The van der Waals surface area contributed by atoms with Gasteiger partial charge in [-0.25, -0.2) is 4.68 Å². The van der Waals surface area contributed by atoms with Gasteiger partial charge in [-0.2, -0.15) is 5.10 Å². The summed E-state index contributed by atoms with van der Waals surface area (Å²) in [4.78, 5) is 2.35. The van der Waals surface area contributed by atoms with E-state index < -0.39 is 6.10 Å². The first-order valence-corrected chi connectivity index (χ1v) is 12.1. The van der Waals surface area contributed by atoms with Crippen LogP contribution in [0.5, 0.6) is 11.6 Å². The standard InChI is InChI=1S/C28H37N3O3/c1-20-10-9-13-25(16-20)34-27-26(21(2)29-31(27)23-11-7-6-8-12-23)18-30(22-14-15-22)17-24(32)19-33-28(3,4)5/h6-13,16,22,24,32H,14-15,17-19H2,1-5H3/t24-/m0/s1. The normalized spacial score (nSPS) is 15.0. The molecule has 0 amide bonds. The van der Waals surface area contributed by atoms with Gasteiger partial charge in [0.05, 0.1) is 35.3 Å². The third-order valence-electron chi connectivity index (χ3n) is 5.92. The van der Waals surface area contributed by atoms with Crippen molar-refractivity contribution in [2.75, 3.05) is 13.2 Å². The Balaban J connectivity index is 1.62. The number of aromatic nitrogens is 2. The third kappa shape index (κ3) is 6.47. The SMILES string of the molecule is Cc1cccc(Oc2c(CN(C[C@H](O)COC(C)(C)C)C3CC3)c(C)nn2-c2ccccc2)c1. The largest absolute Gasteiger partial charge is 0.439 e. The number of aryl methyl sites for hydroxylation is 2. The molecule has 0 radical (unpaired) electrons. The Kier molecular flexibility index (Phi) is 7.41. The summed E-state index contributed by atoms with van der Waals surface area (Å²) < 4.78 is 14.2. The Bertz CT molecular complexity index is 1080. The topological polar surface area (TPSA) is 59.8 Å². The first-order chi connectivity index (χ1) is 16.2. The Hall–Kier alpha value is -2.67. The van der Waals surface area contributed by atoms with Crippen LogP contribution in [0.15, 0.2) is 54.6 Å². The van der Waals surface area contributed by atoms with Crippen LogP contribution in [-0.2, 0) is 11.3 Å². The monoisotopic (exact) mass is 463 g/mol. The molecule has 1 aliphatic carbocycles. The van der Waals surface area contributed by atoms with Gasteiger partial charge >= 0.3 is 0 Å². The second kappa shape index (κ2) is 10.3. The van der Waals surface area contributed by atoms with E-state index in [1.54, 1.807) is 0 Å². The zero-order valence-corrected chi connectivity index (χ0v) is 21.0. The van der Waals surface area contributed by atoms with Crippen molar-refractivity contribution in [3.63, 3.8) is 0 Å². The maximum Gasteiger partial charge on any atom is 0.227 e. The van der Waals surface area contributed by atoms with Crippen LogP contribution in [0.25, 0.3) is 5.69 Å². The Morgan fingerprint density at radius 3 is 2.47 bits per heavy atom. The van der Waals surface area contributed by atoms with Gasteiger partial charge in [0.25, 0.3) is 0 Å². The second-order valence-electron chi connectivity index (χ2n) is 10.3. The number of nitrogens with zero attached hydrogens (tertiary/aromatic N) is 3. The highest BCUT2D eigenvalue weighted by Crippen LogP contribution is 2.35. The van der Waals surface area contributed by atoms with Crippen molar-refractivity contribution in [3.8, 4) is 17.3 Å². The van der Waals surface area contributed by atoms with Crippen LogP contribution in [0.2, 0.25) is 0 Å². The lowest BCUT2D eigenvalue weighted by Crippen LogP contribution is -2.38. The maximum atomic E-state index is 10.7. The Morgan fingerprint density at radius 2 is 1.82 bits per heavy atom. The van der Waals surface area contributed by atoms with E-state index in [1.165, 1.54) is 0 Å². The van der Waals surface area contributed by atoms with Crippen LogP contribution in [0.4, 0.5) is 0 Å². The number of aliphatic hydroxyl groups excluding tert-OH is 1. The quantitative estimate of drug-likeness (QED) is 0.435. The first kappa shape index (κ1) is 24.5. The number of hydrogen-bond donors (Lipinski definition) is 1. The Labute approximate surface area is 203 Å². The number of hydrogen-bond acceptors (Lipinski definition) is 5. The lowest BCUT2D eigenvalue weighted by molar-refractivity contribution is -0.0573. The van der Waals surface area contributed by atoms with Gasteiger partial charge < -0.3 is 14.6 Å². The predicted octanol–water partition coefficient (Wildman–Crippen LogP) is 5.42. The number of para-hydroxylation sites is 1. The third-order valence-corrected chi connectivity index (χ3v) is 5.92. The number of benzene rings is 2. The van der Waals surface area contributed by atoms with Crippen LogP contribution in [0, 0.1) is 13.8 Å². The molecule has 1 atom stereocenters. The van der Waals surface area contributed by atoms with Crippen LogP contribution in [0.1, 0.15) is 50.4 Å². The molecule has 0 spiro atoms. The molecule has 3 aromatic rings. The van der Waals surface area contributed by atoms with E-state index in [0.717, 1.165) is 47.0 Å². The molecule has 1 saturated carbocycles. The summed E-state index contributed by atoms with van der Waals surface area (Å²) in [6.07, 6.45) is 1.74. The lowest BCUT2D eigenvalue weighted by Gasteiger charge is -2.27. The average Bonchev–Trinajstić information content (AvgIpc) is 3.59. The van der Waals surface area contributed by atoms with Crippen LogP contribution >= 0.6 is 0 Å². The van der Waals surface area contributed by atoms with Crippen molar-refractivity contribution >= 4 is 0 Å². The van der Waals surface area contributed by atoms with Gasteiger partial charge in [0.1, 0.15) is 5.75 Å². The van der Waals surface area contributed by atoms with E-state index in [2.05, 4.69) is 17.9 Å². The van der Waals surface area contributed by atoms with Gasteiger partial charge in [-0.3, -0.25) is 4.90 Å². The molecular formula is C28H37N3O3. The van der Waals surface area contributed by atoms with Crippen molar-refractivity contribution in [3.05, 3.63) is 71.4 Å². The summed E-state index contributed by atoms with van der Waals surface area (Å²) in [7, 11) is 0. The molecule has 1 aliphatic rings. The van der Waals surface area contributed by atoms with Gasteiger partial charge in [-0.05, 0) is 77.3 Å². The van der Waals surface area contributed by atoms with Crippen LogP contribution in [0.3, 0.4) is 0 Å². The fourth-order valence-electron chi connectivity index (χ4n) is 4.01. The highest BCUT2D eigenvalue weighted by Gasteiger charge is 2.33. The second-order valence-corrected chi connectivity index (χ2v) is 10.3. The molecule has 0 aliphatic heterocycles. The summed E-state index contributed by atoms with van der Waals surface area (Å²) in [5, 5.41) is 15.6. The van der Waals surface area contributed by atoms with Gasteiger partial charge in [-0.1, -0.05) is 30.3 Å². The van der Waals surface area contributed by atoms with Gasteiger partial charge in [0.15, 0.2) is 0 Å².